The first kappa shape index (κ1) is 20.3. The molecule has 2 aliphatic rings. The average molecular weight is 451 g/mol. The molecule has 9 heteroatoms. The lowest BCUT2D eigenvalue weighted by atomic mass is 10.2. The van der Waals surface area contributed by atoms with Crippen LogP contribution >= 0.6 is 23.4 Å². The molecular formula is C20H19ClN2O4S2. The summed E-state index contributed by atoms with van der Waals surface area (Å²) in [5.41, 5.74) is 1.84. The molecule has 6 nitrogen and oxygen atoms in total. The van der Waals surface area contributed by atoms with Gasteiger partial charge in [0, 0.05) is 10.9 Å². The molecule has 0 aromatic heterocycles. The average Bonchev–Trinajstić information content (AvgIpc) is 3.18. The Labute approximate surface area is 178 Å². The van der Waals surface area contributed by atoms with Gasteiger partial charge in [-0.05, 0) is 29.8 Å². The van der Waals surface area contributed by atoms with Crippen molar-refractivity contribution >= 4 is 50.0 Å². The van der Waals surface area contributed by atoms with Crippen molar-refractivity contribution in [1.82, 2.24) is 0 Å². The number of amidine groups is 1. The highest BCUT2D eigenvalue weighted by Gasteiger charge is 2.49. The van der Waals surface area contributed by atoms with E-state index in [0.717, 1.165) is 11.3 Å². The highest BCUT2D eigenvalue weighted by atomic mass is 35.5. The molecule has 0 radical (unpaired) electrons. The largest absolute Gasteiger partial charge is 0.489 e. The van der Waals surface area contributed by atoms with E-state index in [2.05, 4.69) is 4.99 Å². The highest BCUT2D eigenvalue weighted by Crippen LogP contribution is 2.41. The number of amides is 1. The number of sulfone groups is 1. The number of carbonyl (C=O) groups excluding carboxylic acids is 1. The second-order valence-corrected chi connectivity index (χ2v) is 10.5. The molecule has 2 heterocycles. The number of carbonyl (C=O) groups is 1. The fourth-order valence-corrected chi connectivity index (χ4v) is 7.44. The van der Waals surface area contributed by atoms with Crippen molar-refractivity contribution in [3.63, 3.8) is 0 Å². The van der Waals surface area contributed by atoms with Gasteiger partial charge in [-0.3, -0.25) is 4.79 Å². The highest BCUT2D eigenvalue weighted by molar-refractivity contribution is 8.16. The Hall–Kier alpha value is -2.03. The van der Waals surface area contributed by atoms with E-state index < -0.39 is 15.7 Å². The summed E-state index contributed by atoms with van der Waals surface area (Å²) in [5.74, 6) is 0.189. The number of thioether (sulfide) groups is 1. The topological polar surface area (TPSA) is 76.0 Å². The van der Waals surface area contributed by atoms with Crippen molar-refractivity contribution < 1.29 is 17.9 Å². The Morgan fingerprint density at radius 3 is 2.55 bits per heavy atom. The van der Waals surface area contributed by atoms with Crippen molar-refractivity contribution in [3.05, 3.63) is 60.2 Å². The summed E-state index contributed by atoms with van der Waals surface area (Å²) in [6.45, 7) is 0.458. The van der Waals surface area contributed by atoms with E-state index in [4.69, 9.17) is 16.3 Å². The number of anilines is 1. The van der Waals surface area contributed by atoms with E-state index in [0.29, 0.717) is 17.5 Å². The van der Waals surface area contributed by atoms with E-state index in [1.54, 1.807) is 0 Å². The predicted molar refractivity (Wildman–Crippen MR) is 117 cm³/mol. The molecule has 2 saturated heterocycles. The number of alkyl halides is 1. The van der Waals surface area contributed by atoms with Crippen molar-refractivity contribution in [3.8, 4) is 5.75 Å². The van der Waals surface area contributed by atoms with Crippen LogP contribution in [0.2, 0.25) is 0 Å². The van der Waals surface area contributed by atoms with Gasteiger partial charge in [-0.2, -0.15) is 4.99 Å². The Kier molecular flexibility index (Phi) is 5.85. The van der Waals surface area contributed by atoms with E-state index >= 15 is 0 Å². The number of nitrogens with zero attached hydrogens (tertiary/aromatic N) is 2. The molecule has 2 aromatic carbocycles. The molecule has 0 N–H and O–H groups in total. The Balaban J connectivity index is 1.55. The normalized spacial score (nSPS) is 23.9. The minimum atomic E-state index is -3.10. The molecule has 0 unspecified atom stereocenters. The Morgan fingerprint density at radius 2 is 1.86 bits per heavy atom. The van der Waals surface area contributed by atoms with Gasteiger partial charge in [0.05, 0.1) is 17.5 Å². The van der Waals surface area contributed by atoms with Gasteiger partial charge in [-0.25, -0.2) is 8.42 Å². The molecule has 152 valence electrons. The van der Waals surface area contributed by atoms with Crippen molar-refractivity contribution in [1.29, 1.82) is 0 Å². The minimum absolute atomic E-state index is 0.0466. The summed E-state index contributed by atoms with van der Waals surface area (Å²) in [5, 5.41) is 0.356. The second-order valence-electron chi connectivity index (χ2n) is 6.86. The molecule has 0 spiro atoms. The zero-order chi connectivity index (χ0) is 20.4. The number of fused-ring (bicyclic) bond motifs is 1. The van der Waals surface area contributed by atoms with Gasteiger partial charge in [0.15, 0.2) is 15.0 Å². The van der Waals surface area contributed by atoms with Gasteiger partial charge in [0.1, 0.15) is 18.2 Å². The van der Waals surface area contributed by atoms with Gasteiger partial charge in [-0.15, -0.1) is 11.6 Å². The summed E-state index contributed by atoms with van der Waals surface area (Å²) >= 11 is 6.93. The van der Waals surface area contributed by atoms with Crippen LogP contribution in [-0.4, -0.2) is 48.2 Å². The second kappa shape index (κ2) is 8.38. The standard InChI is InChI=1S/C20H19ClN2O4S2/c21-10-19(24)22-20-23(17-12-29(25,26)13-18(17)28-20)15-6-8-16(9-7-15)27-11-14-4-2-1-3-5-14/h1-9,17-18H,10-13H2/t17-,18+/m0/s1. The first-order valence-corrected chi connectivity index (χ1v) is 12.3. The first-order valence-electron chi connectivity index (χ1n) is 9.06. The van der Waals surface area contributed by atoms with Crippen LogP contribution in [0.3, 0.4) is 0 Å². The lowest BCUT2D eigenvalue weighted by molar-refractivity contribution is -0.115. The monoisotopic (exact) mass is 450 g/mol. The molecule has 0 bridgehead atoms. The lowest BCUT2D eigenvalue weighted by Gasteiger charge is -2.24. The summed E-state index contributed by atoms with van der Waals surface area (Å²) in [6.07, 6.45) is 0. The molecule has 29 heavy (non-hydrogen) atoms. The fourth-order valence-electron chi connectivity index (χ4n) is 3.45. The maximum Gasteiger partial charge on any atom is 0.262 e. The number of hydrogen-bond acceptors (Lipinski definition) is 5. The third-order valence-corrected chi connectivity index (χ3v) is 8.20. The maximum atomic E-state index is 12.1. The quantitative estimate of drug-likeness (QED) is 0.651. The smallest absolute Gasteiger partial charge is 0.262 e. The van der Waals surface area contributed by atoms with Gasteiger partial charge < -0.3 is 9.64 Å². The van der Waals surface area contributed by atoms with Crippen molar-refractivity contribution in [2.24, 2.45) is 4.99 Å². The summed E-state index contributed by atoms with van der Waals surface area (Å²) in [6, 6.07) is 17.0. The summed E-state index contributed by atoms with van der Waals surface area (Å²) in [4.78, 5) is 17.7. The third kappa shape index (κ3) is 4.60. The van der Waals surface area contributed by atoms with Crippen LogP contribution in [0, 0.1) is 0 Å². The maximum absolute atomic E-state index is 12.1. The molecule has 0 aliphatic carbocycles. The van der Waals surface area contributed by atoms with Crippen molar-refractivity contribution in [2.75, 3.05) is 22.3 Å². The number of ether oxygens (including phenoxy) is 1. The molecule has 2 fully saturated rings. The van der Waals surface area contributed by atoms with Crippen LogP contribution in [-0.2, 0) is 21.2 Å². The van der Waals surface area contributed by atoms with Crippen LogP contribution in [0.5, 0.6) is 5.75 Å². The van der Waals surface area contributed by atoms with Crippen LogP contribution < -0.4 is 9.64 Å². The van der Waals surface area contributed by atoms with Gasteiger partial charge in [-0.1, -0.05) is 42.1 Å². The van der Waals surface area contributed by atoms with E-state index in [1.165, 1.54) is 11.8 Å². The van der Waals surface area contributed by atoms with E-state index in [1.807, 2.05) is 59.5 Å². The SMILES string of the molecule is O=C(CCl)N=C1S[C@@H]2CS(=O)(=O)C[C@@H]2N1c1ccc(OCc2ccccc2)cc1. The summed E-state index contributed by atoms with van der Waals surface area (Å²) < 4.78 is 30.0. The zero-order valence-electron chi connectivity index (χ0n) is 15.4. The molecule has 2 atom stereocenters. The van der Waals surface area contributed by atoms with Gasteiger partial charge in [0.2, 0.25) is 0 Å². The molecular weight excluding hydrogens is 432 g/mol. The number of rotatable bonds is 5. The van der Waals surface area contributed by atoms with E-state index in [-0.39, 0.29) is 28.7 Å². The summed E-state index contributed by atoms with van der Waals surface area (Å²) in [7, 11) is -3.10. The Morgan fingerprint density at radius 1 is 1.14 bits per heavy atom. The van der Waals surface area contributed by atoms with Crippen LogP contribution in [0.1, 0.15) is 5.56 Å². The number of benzene rings is 2. The molecule has 4 rings (SSSR count). The molecule has 2 aromatic rings. The Bertz CT molecular complexity index is 1030. The van der Waals surface area contributed by atoms with Crippen molar-refractivity contribution in [2.45, 2.75) is 17.9 Å². The first-order chi connectivity index (χ1) is 13.9. The number of hydrogen-bond donors (Lipinski definition) is 0. The zero-order valence-corrected chi connectivity index (χ0v) is 17.8. The number of aliphatic imine (C=N–C) groups is 1. The van der Waals surface area contributed by atoms with Crippen LogP contribution in [0.4, 0.5) is 5.69 Å². The van der Waals surface area contributed by atoms with Gasteiger partial charge >= 0.3 is 0 Å². The van der Waals surface area contributed by atoms with Crippen LogP contribution in [0.15, 0.2) is 59.6 Å². The minimum Gasteiger partial charge on any atom is -0.489 e. The third-order valence-electron chi connectivity index (χ3n) is 4.76. The molecule has 0 saturated carbocycles. The van der Waals surface area contributed by atoms with Gasteiger partial charge in [0.25, 0.3) is 5.91 Å². The number of halogens is 1. The molecule has 1 amide bonds. The van der Waals surface area contributed by atoms with E-state index in [9.17, 15) is 13.2 Å². The fraction of sp³-hybridized carbons (Fsp3) is 0.300. The predicted octanol–water partition coefficient (Wildman–Crippen LogP) is 3.11. The van der Waals surface area contributed by atoms with Crippen LogP contribution in [0.25, 0.3) is 0 Å². The lowest BCUT2D eigenvalue weighted by Crippen LogP contribution is -2.37. The molecule has 2 aliphatic heterocycles.